The molecule has 6 heterocycles. The Morgan fingerprint density at radius 1 is 1.08 bits per heavy atom. The predicted molar refractivity (Wildman–Crippen MR) is 144 cm³/mol. The summed E-state index contributed by atoms with van der Waals surface area (Å²) >= 11 is 1.58. The molecule has 11 heteroatoms. The summed E-state index contributed by atoms with van der Waals surface area (Å²) in [5.74, 6) is -0.101. The Labute approximate surface area is 219 Å². The lowest BCUT2D eigenvalue weighted by Crippen LogP contribution is -2.20. The molecular weight excluding hydrogens is 503 g/mol. The van der Waals surface area contributed by atoms with Crippen LogP contribution in [0.1, 0.15) is 25.7 Å². The third-order valence-electron chi connectivity index (χ3n) is 6.99. The van der Waals surface area contributed by atoms with Crippen LogP contribution in [0.3, 0.4) is 0 Å². The van der Waals surface area contributed by atoms with E-state index >= 15 is 4.39 Å². The van der Waals surface area contributed by atoms with Crippen molar-refractivity contribution in [2.24, 2.45) is 5.92 Å². The van der Waals surface area contributed by atoms with Gasteiger partial charge in [0.05, 0.1) is 28.5 Å². The first kappa shape index (κ1) is 22.7. The molecule has 6 aromatic rings. The number of hydrogen-bond donors (Lipinski definition) is 3. The van der Waals surface area contributed by atoms with Crippen molar-refractivity contribution < 1.29 is 9.18 Å². The molecule has 0 bridgehead atoms. The fraction of sp³-hybridized carbons (Fsp3) is 0.185. The number of carbonyl (C=O) groups is 1. The number of nitrogens with one attached hydrogen (secondary N) is 3. The van der Waals surface area contributed by atoms with Crippen LogP contribution in [0.5, 0.6) is 0 Å². The van der Waals surface area contributed by atoms with Gasteiger partial charge in [0.1, 0.15) is 17.0 Å². The lowest BCUT2D eigenvalue weighted by molar-refractivity contribution is -0.119. The van der Waals surface area contributed by atoms with Crippen molar-refractivity contribution in [3.05, 3.63) is 59.6 Å². The van der Waals surface area contributed by atoms with Gasteiger partial charge >= 0.3 is 0 Å². The maximum absolute atomic E-state index is 16.1. The van der Waals surface area contributed by atoms with Gasteiger partial charge in [-0.05, 0) is 36.4 Å². The Bertz CT molecular complexity index is 1800. The zero-order chi connectivity index (χ0) is 25.6. The van der Waals surface area contributed by atoms with Gasteiger partial charge in [-0.25, -0.2) is 14.4 Å². The number of aromatic nitrogens is 7. The van der Waals surface area contributed by atoms with Gasteiger partial charge < -0.3 is 10.3 Å². The van der Waals surface area contributed by atoms with Crippen LogP contribution >= 0.6 is 11.3 Å². The Hall–Kier alpha value is -4.51. The van der Waals surface area contributed by atoms with Gasteiger partial charge in [-0.3, -0.25) is 19.9 Å². The number of rotatable bonds is 5. The predicted octanol–water partition coefficient (Wildman–Crippen LogP) is 5.95. The molecule has 0 aromatic carbocycles. The second-order valence-corrected chi connectivity index (χ2v) is 10.1. The molecule has 9 nitrogen and oxygen atoms in total. The molecule has 1 fully saturated rings. The standard InChI is InChI=1S/C27H21FN8OS/c28-21-18(16-9-17(11-29-10-16)32-27(37)14-3-1-2-4-14)12-31-25-20(21)24(35-36-25)26-33-19-5-7-30-22(23(19)34-26)15-6-8-38-13-15/h5-14H,1-4H2,(H,32,37)(H,33,34)(H,31,35,36). The van der Waals surface area contributed by atoms with Crippen LogP contribution in [0, 0.1) is 11.7 Å². The van der Waals surface area contributed by atoms with Crippen molar-refractivity contribution in [1.82, 2.24) is 35.1 Å². The molecule has 38 heavy (non-hydrogen) atoms. The highest BCUT2D eigenvalue weighted by Crippen LogP contribution is 2.35. The molecule has 1 amide bonds. The van der Waals surface area contributed by atoms with Crippen LogP contribution in [-0.4, -0.2) is 41.0 Å². The molecule has 6 aromatic heterocycles. The van der Waals surface area contributed by atoms with Gasteiger partial charge in [-0.15, -0.1) is 0 Å². The van der Waals surface area contributed by atoms with Gasteiger partial charge in [-0.2, -0.15) is 16.4 Å². The van der Waals surface area contributed by atoms with Crippen LogP contribution in [0.4, 0.5) is 10.1 Å². The molecule has 0 unspecified atom stereocenters. The average Bonchev–Trinajstić information content (AvgIpc) is 3.74. The van der Waals surface area contributed by atoms with Crippen LogP contribution in [0.15, 0.2) is 53.7 Å². The Morgan fingerprint density at radius 2 is 1.97 bits per heavy atom. The largest absolute Gasteiger partial charge is 0.336 e. The highest BCUT2D eigenvalue weighted by molar-refractivity contribution is 7.08. The minimum absolute atomic E-state index is 0.0150. The summed E-state index contributed by atoms with van der Waals surface area (Å²) in [5, 5.41) is 14.3. The van der Waals surface area contributed by atoms with Gasteiger partial charge in [0, 0.05) is 46.6 Å². The van der Waals surface area contributed by atoms with Crippen LogP contribution in [-0.2, 0) is 4.79 Å². The number of anilines is 1. The van der Waals surface area contributed by atoms with Gasteiger partial charge in [-0.1, -0.05) is 12.8 Å². The number of pyridine rings is 3. The van der Waals surface area contributed by atoms with Crippen molar-refractivity contribution in [3.8, 4) is 33.9 Å². The minimum atomic E-state index is -0.503. The lowest BCUT2D eigenvalue weighted by Gasteiger charge is -2.11. The Balaban J connectivity index is 1.28. The zero-order valence-electron chi connectivity index (χ0n) is 20.0. The van der Waals surface area contributed by atoms with E-state index in [2.05, 4.69) is 35.5 Å². The number of thiophene rings is 1. The van der Waals surface area contributed by atoms with E-state index in [0.717, 1.165) is 42.5 Å². The second-order valence-electron chi connectivity index (χ2n) is 9.37. The quantitative estimate of drug-likeness (QED) is 0.256. The maximum atomic E-state index is 16.1. The van der Waals surface area contributed by atoms with Crippen LogP contribution < -0.4 is 5.32 Å². The Kier molecular flexibility index (Phi) is 5.43. The number of hydrogen-bond acceptors (Lipinski definition) is 7. The molecule has 7 rings (SSSR count). The first-order valence-corrected chi connectivity index (χ1v) is 13.3. The smallest absolute Gasteiger partial charge is 0.227 e. The minimum Gasteiger partial charge on any atom is -0.336 e. The highest BCUT2D eigenvalue weighted by Gasteiger charge is 2.24. The van der Waals surface area contributed by atoms with E-state index in [4.69, 9.17) is 4.98 Å². The molecule has 1 saturated carbocycles. The summed E-state index contributed by atoms with van der Waals surface area (Å²) in [6.45, 7) is 0. The average molecular weight is 525 g/mol. The van der Waals surface area contributed by atoms with E-state index in [-0.39, 0.29) is 22.8 Å². The maximum Gasteiger partial charge on any atom is 0.227 e. The molecule has 0 spiro atoms. The van der Waals surface area contributed by atoms with Crippen LogP contribution in [0.2, 0.25) is 0 Å². The molecule has 0 aliphatic heterocycles. The van der Waals surface area contributed by atoms with Crippen molar-refractivity contribution in [2.75, 3.05) is 5.32 Å². The fourth-order valence-electron chi connectivity index (χ4n) is 5.07. The van der Waals surface area contributed by atoms with Gasteiger partial charge in [0.25, 0.3) is 0 Å². The molecule has 0 saturated heterocycles. The topological polar surface area (TPSA) is 125 Å². The molecule has 0 atom stereocenters. The third kappa shape index (κ3) is 3.82. The number of aromatic amines is 2. The van der Waals surface area contributed by atoms with Gasteiger partial charge in [0.2, 0.25) is 5.91 Å². The number of fused-ring (bicyclic) bond motifs is 2. The molecular formula is C27H21FN8OS. The number of nitrogens with zero attached hydrogens (tertiary/aromatic N) is 5. The van der Waals surface area contributed by atoms with Crippen LogP contribution in [0.25, 0.3) is 56.0 Å². The molecule has 188 valence electrons. The van der Waals surface area contributed by atoms with Crippen molar-refractivity contribution >= 4 is 45.0 Å². The summed E-state index contributed by atoms with van der Waals surface area (Å²) in [6.07, 6.45) is 10.2. The zero-order valence-corrected chi connectivity index (χ0v) is 20.8. The summed E-state index contributed by atoms with van der Waals surface area (Å²) in [6, 6.07) is 5.53. The fourth-order valence-corrected chi connectivity index (χ4v) is 5.71. The number of imidazole rings is 1. The summed E-state index contributed by atoms with van der Waals surface area (Å²) < 4.78 is 16.1. The van der Waals surface area contributed by atoms with E-state index in [9.17, 15) is 4.79 Å². The number of halogens is 1. The summed E-state index contributed by atoms with van der Waals surface area (Å²) in [4.78, 5) is 33.7. The number of H-pyrrole nitrogens is 2. The Morgan fingerprint density at radius 3 is 2.82 bits per heavy atom. The van der Waals surface area contributed by atoms with Gasteiger partial charge in [0.15, 0.2) is 11.5 Å². The van der Waals surface area contributed by atoms with Crippen molar-refractivity contribution in [1.29, 1.82) is 0 Å². The first-order valence-electron chi connectivity index (χ1n) is 12.3. The monoisotopic (exact) mass is 524 g/mol. The SMILES string of the molecule is O=C(Nc1cncc(-c2cnc3[nH]nc(-c4nc5c(-c6ccsc6)nccc5[nH]4)c3c2F)c1)C1CCCC1. The first-order chi connectivity index (χ1) is 18.7. The van der Waals surface area contributed by atoms with Crippen molar-refractivity contribution in [2.45, 2.75) is 25.7 Å². The summed E-state index contributed by atoms with van der Waals surface area (Å²) in [7, 11) is 0. The second kappa shape index (κ2) is 9.10. The molecule has 3 N–H and O–H groups in total. The third-order valence-corrected chi connectivity index (χ3v) is 7.67. The van der Waals surface area contributed by atoms with E-state index < -0.39 is 5.82 Å². The molecule has 1 aliphatic rings. The lowest BCUT2D eigenvalue weighted by atomic mass is 10.1. The molecule has 1 aliphatic carbocycles. The van der Waals surface area contributed by atoms with Crippen molar-refractivity contribution in [3.63, 3.8) is 0 Å². The molecule has 0 radical (unpaired) electrons. The highest BCUT2D eigenvalue weighted by atomic mass is 32.1. The normalized spacial score (nSPS) is 14.0. The number of carbonyl (C=O) groups excluding carboxylic acids is 1. The van der Waals surface area contributed by atoms with E-state index in [1.165, 1.54) is 6.20 Å². The van der Waals surface area contributed by atoms with E-state index in [1.807, 2.05) is 22.9 Å². The summed E-state index contributed by atoms with van der Waals surface area (Å²) in [5.41, 5.74) is 5.05. The number of amides is 1. The van der Waals surface area contributed by atoms with E-state index in [0.29, 0.717) is 33.9 Å². The van der Waals surface area contributed by atoms with E-state index in [1.54, 1.807) is 36.0 Å².